The van der Waals surface area contributed by atoms with Gasteiger partial charge < -0.3 is 14.1 Å². The summed E-state index contributed by atoms with van der Waals surface area (Å²) in [6.07, 6.45) is -0.306. The molecule has 0 N–H and O–H groups in total. The van der Waals surface area contributed by atoms with E-state index in [1.54, 1.807) is 4.90 Å². The fourth-order valence-electron chi connectivity index (χ4n) is 2.00. The molecule has 26 heavy (non-hydrogen) atoms. The van der Waals surface area contributed by atoms with E-state index >= 15 is 0 Å². The molecule has 1 amide bonds. The van der Waals surface area contributed by atoms with Crippen LogP contribution in [0.1, 0.15) is 47.1 Å². The first-order chi connectivity index (χ1) is 11.7. The number of hydrogen-bond acceptors (Lipinski definition) is 3. The highest BCUT2D eigenvalue weighted by molar-refractivity contribution is 9.10. The Bertz CT molecular complexity index is 589. The maximum Gasteiger partial charge on any atom is 0.410 e. The Kier molecular flexibility index (Phi) is 7.93. The van der Waals surface area contributed by atoms with Crippen LogP contribution >= 0.6 is 15.9 Å². The number of rotatable bonds is 6. The highest BCUT2D eigenvalue weighted by atomic mass is 79.9. The molecule has 0 radical (unpaired) electrons. The van der Waals surface area contributed by atoms with Crippen LogP contribution in [0.2, 0.25) is 18.1 Å². The molecular weight excluding hydrogens is 410 g/mol. The summed E-state index contributed by atoms with van der Waals surface area (Å²) in [5.74, 6) is 0. The zero-order valence-electron chi connectivity index (χ0n) is 17.5. The van der Waals surface area contributed by atoms with Gasteiger partial charge in [0.25, 0.3) is 0 Å². The maximum absolute atomic E-state index is 12.6. The third kappa shape index (κ3) is 7.80. The monoisotopic (exact) mass is 443 g/mol. The standard InChI is InChI=1S/C20H34BrNO3Si/c1-19(2,3)25-18(23)22(15-16-9-11-17(21)12-10-16)13-14-24-26(7,8)20(4,5)6/h9-12H,13-15H2,1-8H3. The predicted molar refractivity (Wildman–Crippen MR) is 114 cm³/mol. The lowest BCUT2D eigenvalue weighted by molar-refractivity contribution is 0.0205. The molecule has 0 aromatic heterocycles. The number of carbonyl (C=O) groups excluding carboxylic acids is 1. The summed E-state index contributed by atoms with van der Waals surface area (Å²) in [5, 5.41) is 0.148. The molecule has 1 rings (SSSR count). The number of amides is 1. The SMILES string of the molecule is CC(C)(C)OC(=O)N(CCO[Si](C)(C)C(C)(C)C)Cc1ccc(Br)cc1. The lowest BCUT2D eigenvalue weighted by Crippen LogP contribution is -2.44. The van der Waals surface area contributed by atoms with Crippen molar-refractivity contribution >= 4 is 30.3 Å². The van der Waals surface area contributed by atoms with Crippen molar-refractivity contribution in [3.63, 3.8) is 0 Å². The number of benzene rings is 1. The van der Waals surface area contributed by atoms with Gasteiger partial charge in [-0.3, -0.25) is 0 Å². The Hall–Kier alpha value is -0.853. The van der Waals surface area contributed by atoms with E-state index in [9.17, 15) is 4.79 Å². The molecular formula is C20H34BrNO3Si. The van der Waals surface area contributed by atoms with E-state index in [0.717, 1.165) is 10.0 Å². The first-order valence-electron chi connectivity index (χ1n) is 9.08. The molecule has 0 saturated heterocycles. The van der Waals surface area contributed by atoms with Crippen molar-refractivity contribution in [3.05, 3.63) is 34.3 Å². The zero-order valence-corrected chi connectivity index (χ0v) is 20.1. The van der Waals surface area contributed by atoms with Crippen LogP contribution in [-0.4, -0.2) is 38.1 Å². The van der Waals surface area contributed by atoms with Gasteiger partial charge in [-0.25, -0.2) is 4.79 Å². The molecule has 1 aromatic carbocycles. The van der Waals surface area contributed by atoms with Gasteiger partial charge in [0.05, 0.1) is 6.61 Å². The van der Waals surface area contributed by atoms with Crippen LogP contribution in [0.15, 0.2) is 28.7 Å². The van der Waals surface area contributed by atoms with Crippen molar-refractivity contribution in [1.29, 1.82) is 0 Å². The minimum Gasteiger partial charge on any atom is -0.444 e. The van der Waals surface area contributed by atoms with Gasteiger partial charge in [0.2, 0.25) is 0 Å². The minimum atomic E-state index is -1.84. The Morgan fingerprint density at radius 3 is 2.08 bits per heavy atom. The Labute approximate surface area is 168 Å². The first kappa shape index (κ1) is 23.2. The topological polar surface area (TPSA) is 38.8 Å². The fraction of sp³-hybridized carbons (Fsp3) is 0.650. The summed E-state index contributed by atoms with van der Waals surface area (Å²) in [6, 6.07) is 7.98. The minimum absolute atomic E-state index is 0.148. The van der Waals surface area contributed by atoms with Gasteiger partial charge in [0, 0.05) is 17.6 Å². The van der Waals surface area contributed by atoms with Gasteiger partial charge in [-0.2, -0.15) is 0 Å². The van der Waals surface area contributed by atoms with Gasteiger partial charge in [-0.1, -0.05) is 48.8 Å². The second kappa shape index (κ2) is 8.89. The normalized spacial score (nSPS) is 12.8. The van der Waals surface area contributed by atoms with Crippen LogP contribution in [0.25, 0.3) is 0 Å². The van der Waals surface area contributed by atoms with Gasteiger partial charge in [0.15, 0.2) is 8.32 Å². The van der Waals surface area contributed by atoms with Crippen molar-refractivity contribution < 1.29 is 14.0 Å². The lowest BCUT2D eigenvalue weighted by atomic mass is 10.2. The number of ether oxygens (including phenoxy) is 1. The molecule has 0 unspecified atom stereocenters. The maximum atomic E-state index is 12.6. The molecule has 1 aromatic rings. The summed E-state index contributed by atoms with van der Waals surface area (Å²) < 4.78 is 12.8. The summed E-state index contributed by atoms with van der Waals surface area (Å²) in [5.41, 5.74) is 0.543. The second-order valence-corrected chi connectivity index (χ2v) is 14.9. The fourth-order valence-corrected chi connectivity index (χ4v) is 3.30. The largest absolute Gasteiger partial charge is 0.444 e. The van der Waals surface area contributed by atoms with Crippen molar-refractivity contribution in [3.8, 4) is 0 Å². The third-order valence-electron chi connectivity index (χ3n) is 4.57. The Balaban J connectivity index is 2.80. The zero-order chi connectivity index (χ0) is 20.2. The summed E-state index contributed by atoms with van der Waals surface area (Å²) in [6.45, 7) is 18.3. The van der Waals surface area contributed by atoms with Crippen LogP contribution in [0.3, 0.4) is 0 Å². The van der Waals surface area contributed by atoms with Gasteiger partial charge in [-0.05, 0) is 56.6 Å². The lowest BCUT2D eigenvalue weighted by Gasteiger charge is -2.37. The molecule has 0 aliphatic carbocycles. The molecule has 6 heteroatoms. The van der Waals surface area contributed by atoms with E-state index in [1.807, 2.05) is 45.0 Å². The third-order valence-corrected chi connectivity index (χ3v) is 9.64. The van der Waals surface area contributed by atoms with Gasteiger partial charge in [0.1, 0.15) is 5.60 Å². The Morgan fingerprint density at radius 1 is 1.08 bits per heavy atom. The first-order valence-corrected chi connectivity index (χ1v) is 12.8. The smallest absolute Gasteiger partial charge is 0.410 e. The van der Waals surface area contributed by atoms with Gasteiger partial charge in [-0.15, -0.1) is 0 Å². The highest BCUT2D eigenvalue weighted by Gasteiger charge is 2.37. The molecule has 0 bridgehead atoms. The number of halogens is 1. The summed E-state index contributed by atoms with van der Waals surface area (Å²) in [4.78, 5) is 14.4. The molecule has 0 heterocycles. The average Bonchev–Trinajstić information content (AvgIpc) is 2.45. The predicted octanol–water partition coefficient (Wildman–Crippen LogP) is 6.21. The van der Waals surface area contributed by atoms with Gasteiger partial charge >= 0.3 is 6.09 Å². The second-order valence-electron chi connectivity index (χ2n) is 9.14. The van der Waals surface area contributed by atoms with Crippen molar-refractivity contribution in [2.75, 3.05) is 13.2 Å². The molecule has 4 nitrogen and oxygen atoms in total. The molecule has 0 saturated carbocycles. The quantitative estimate of drug-likeness (QED) is 0.490. The van der Waals surface area contributed by atoms with Crippen LogP contribution in [0, 0.1) is 0 Å². The Morgan fingerprint density at radius 2 is 1.62 bits per heavy atom. The number of carbonyl (C=O) groups is 1. The molecule has 0 spiro atoms. The molecule has 0 fully saturated rings. The van der Waals surface area contributed by atoms with E-state index in [4.69, 9.17) is 9.16 Å². The van der Waals surface area contributed by atoms with Crippen molar-refractivity contribution in [2.45, 2.75) is 71.8 Å². The van der Waals surface area contributed by atoms with E-state index < -0.39 is 13.9 Å². The summed E-state index contributed by atoms with van der Waals surface area (Å²) in [7, 11) is -1.84. The van der Waals surface area contributed by atoms with Crippen LogP contribution < -0.4 is 0 Å². The van der Waals surface area contributed by atoms with Crippen molar-refractivity contribution in [1.82, 2.24) is 4.90 Å². The van der Waals surface area contributed by atoms with E-state index in [2.05, 4.69) is 49.8 Å². The van der Waals surface area contributed by atoms with Crippen LogP contribution in [0.5, 0.6) is 0 Å². The average molecular weight is 444 g/mol. The molecule has 148 valence electrons. The molecule has 0 atom stereocenters. The van der Waals surface area contributed by atoms with E-state index in [-0.39, 0.29) is 11.1 Å². The van der Waals surface area contributed by atoms with E-state index in [0.29, 0.717) is 19.7 Å². The van der Waals surface area contributed by atoms with Crippen LogP contribution in [0.4, 0.5) is 4.79 Å². The highest BCUT2D eigenvalue weighted by Crippen LogP contribution is 2.36. The van der Waals surface area contributed by atoms with Crippen LogP contribution in [-0.2, 0) is 15.7 Å². The molecule has 0 aliphatic heterocycles. The van der Waals surface area contributed by atoms with E-state index in [1.165, 1.54) is 0 Å². The summed E-state index contributed by atoms with van der Waals surface area (Å²) >= 11 is 3.44. The number of nitrogens with zero attached hydrogens (tertiary/aromatic N) is 1. The number of hydrogen-bond donors (Lipinski definition) is 0. The molecule has 0 aliphatic rings. The van der Waals surface area contributed by atoms with Crippen molar-refractivity contribution in [2.24, 2.45) is 0 Å².